The minimum absolute atomic E-state index is 0.434. The van der Waals surface area contributed by atoms with Gasteiger partial charge in [-0.1, -0.05) is 12.1 Å². The van der Waals surface area contributed by atoms with E-state index in [4.69, 9.17) is 4.42 Å². The van der Waals surface area contributed by atoms with Crippen molar-refractivity contribution in [3.05, 3.63) is 60.7 Å². The molecule has 0 aliphatic rings. The first-order valence-corrected chi connectivity index (χ1v) is 10.7. The number of fused-ring (bicyclic) bond motifs is 1. The van der Waals surface area contributed by atoms with Crippen LogP contribution in [0.5, 0.6) is 0 Å². The highest BCUT2D eigenvalue weighted by molar-refractivity contribution is 7.84. The third kappa shape index (κ3) is 4.26. The van der Waals surface area contributed by atoms with E-state index < -0.39 is 16.4 Å². The van der Waals surface area contributed by atoms with Crippen LogP contribution in [0.1, 0.15) is 19.5 Å². The van der Waals surface area contributed by atoms with Crippen LogP contribution >= 0.6 is 0 Å². The van der Waals surface area contributed by atoms with Crippen LogP contribution in [-0.2, 0) is 17.2 Å². The molecule has 1 atom stereocenters. The molecule has 148 valence electrons. The molecule has 1 unspecified atom stereocenters. The van der Waals surface area contributed by atoms with Gasteiger partial charge in [0, 0.05) is 57.5 Å². The van der Waals surface area contributed by atoms with Gasteiger partial charge in [-0.25, -0.2) is 9.97 Å². The number of benzene rings is 1. The van der Waals surface area contributed by atoms with Gasteiger partial charge in [-0.05, 0) is 38.1 Å². The van der Waals surface area contributed by atoms with E-state index in [2.05, 4.69) is 15.0 Å². The van der Waals surface area contributed by atoms with Crippen LogP contribution in [0.25, 0.3) is 33.7 Å². The van der Waals surface area contributed by atoms with Crippen LogP contribution in [0.15, 0.2) is 64.3 Å². The Bertz CT molecular complexity index is 1190. The van der Waals surface area contributed by atoms with E-state index in [1.807, 2.05) is 42.5 Å². The fourth-order valence-electron chi connectivity index (χ4n) is 3.18. The van der Waals surface area contributed by atoms with Gasteiger partial charge in [-0.3, -0.25) is 9.19 Å². The van der Waals surface area contributed by atoms with Crippen molar-refractivity contribution in [2.45, 2.75) is 30.8 Å². The fourth-order valence-corrected chi connectivity index (χ4v) is 3.70. The molecule has 29 heavy (non-hydrogen) atoms. The van der Waals surface area contributed by atoms with Crippen molar-refractivity contribution in [3.63, 3.8) is 0 Å². The van der Waals surface area contributed by atoms with E-state index in [1.54, 1.807) is 26.3 Å². The number of hydrogen-bond acceptors (Lipinski definition) is 6. The smallest absolute Gasteiger partial charge is 0.179 e. The summed E-state index contributed by atoms with van der Waals surface area (Å²) >= 11 is 0. The number of pyridine rings is 1. The molecule has 1 N–H and O–H groups in total. The highest BCUT2D eigenvalue weighted by Gasteiger charge is 2.17. The van der Waals surface area contributed by atoms with Gasteiger partial charge in [0.25, 0.3) is 0 Å². The average Bonchev–Trinajstić information content (AvgIpc) is 3.11. The maximum Gasteiger partial charge on any atom is 0.179 e. The van der Waals surface area contributed by atoms with Crippen molar-refractivity contribution in [3.8, 4) is 22.6 Å². The van der Waals surface area contributed by atoms with Crippen molar-refractivity contribution in [1.29, 1.82) is 0 Å². The zero-order valence-electron chi connectivity index (χ0n) is 16.4. The Kier molecular flexibility index (Phi) is 5.02. The van der Waals surface area contributed by atoms with Gasteiger partial charge in [0.2, 0.25) is 0 Å². The molecule has 7 heteroatoms. The van der Waals surface area contributed by atoms with Crippen LogP contribution in [-0.4, -0.2) is 36.1 Å². The molecule has 0 saturated heterocycles. The summed E-state index contributed by atoms with van der Waals surface area (Å²) in [4.78, 5) is 13.9. The molecule has 1 aromatic carbocycles. The zero-order chi connectivity index (χ0) is 20.6. The lowest BCUT2D eigenvalue weighted by atomic mass is 10.0. The average molecular weight is 407 g/mol. The molecule has 0 saturated carbocycles. The van der Waals surface area contributed by atoms with Crippen molar-refractivity contribution in [1.82, 2.24) is 15.0 Å². The summed E-state index contributed by atoms with van der Waals surface area (Å²) in [6.45, 7) is 3.50. The van der Waals surface area contributed by atoms with E-state index in [-0.39, 0.29) is 0 Å². The summed E-state index contributed by atoms with van der Waals surface area (Å²) < 4.78 is 17.7. The molecule has 0 spiro atoms. The second kappa shape index (κ2) is 7.50. The first-order valence-electron chi connectivity index (χ1n) is 9.16. The van der Waals surface area contributed by atoms with Crippen LogP contribution < -0.4 is 0 Å². The molecule has 3 heterocycles. The third-order valence-corrected chi connectivity index (χ3v) is 5.42. The van der Waals surface area contributed by atoms with Gasteiger partial charge in [0.1, 0.15) is 23.3 Å². The summed E-state index contributed by atoms with van der Waals surface area (Å²) in [5.41, 5.74) is 3.62. The van der Waals surface area contributed by atoms with Gasteiger partial charge < -0.3 is 9.52 Å². The van der Waals surface area contributed by atoms with E-state index in [9.17, 15) is 9.32 Å². The molecule has 0 bridgehead atoms. The Morgan fingerprint density at radius 3 is 2.48 bits per heavy atom. The summed E-state index contributed by atoms with van der Waals surface area (Å²) in [5.74, 6) is 0.668. The second-order valence-corrected chi connectivity index (χ2v) is 8.93. The standard InChI is InChI=1S/C22H21N3O3S/c1-22(2,26)12-16-10-15(8-9-23-16)20-21-18(24-13-25-20)11-19(28-21)14-4-6-17(7-5-14)29(3)27/h4-11,13,26H,12H2,1-3H3. The molecule has 3 aromatic heterocycles. The highest BCUT2D eigenvalue weighted by Crippen LogP contribution is 2.32. The summed E-state index contributed by atoms with van der Waals surface area (Å²) in [6.07, 6.45) is 5.30. The van der Waals surface area contributed by atoms with Gasteiger partial charge >= 0.3 is 0 Å². The van der Waals surface area contributed by atoms with Gasteiger partial charge in [-0.15, -0.1) is 0 Å². The summed E-state index contributed by atoms with van der Waals surface area (Å²) in [6, 6.07) is 13.1. The third-order valence-electron chi connectivity index (χ3n) is 4.49. The molecule has 0 fully saturated rings. The van der Waals surface area contributed by atoms with E-state index in [1.165, 1.54) is 6.33 Å². The monoisotopic (exact) mass is 407 g/mol. The Morgan fingerprint density at radius 2 is 1.79 bits per heavy atom. The first kappa shape index (κ1) is 19.4. The van der Waals surface area contributed by atoms with Crippen molar-refractivity contribution in [2.75, 3.05) is 6.26 Å². The second-order valence-electron chi connectivity index (χ2n) is 7.55. The molecule has 6 nitrogen and oxygen atoms in total. The van der Waals surface area contributed by atoms with Crippen LogP contribution in [0.2, 0.25) is 0 Å². The van der Waals surface area contributed by atoms with Crippen molar-refractivity contribution in [2.24, 2.45) is 0 Å². The Balaban J connectivity index is 1.75. The highest BCUT2D eigenvalue weighted by atomic mass is 32.2. The summed E-state index contributed by atoms with van der Waals surface area (Å²) in [7, 11) is -1.02. The van der Waals surface area contributed by atoms with Crippen molar-refractivity contribution >= 4 is 21.9 Å². The molecular weight excluding hydrogens is 386 g/mol. The van der Waals surface area contributed by atoms with Gasteiger partial charge in [0.05, 0.1) is 5.60 Å². The van der Waals surface area contributed by atoms with Crippen molar-refractivity contribution < 1.29 is 13.7 Å². The molecule has 4 aromatic rings. The molecule has 4 rings (SSSR count). The molecule has 0 radical (unpaired) electrons. The van der Waals surface area contributed by atoms with E-state index >= 15 is 0 Å². The van der Waals surface area contributed by atoms with E-state index in [0.717, 1.165) is 21.7 Å². The van der Waals surface area contributed by atoms with E-state index in [0.29, 0.717) is 29.0 Å². The number of nitrogens with zero attached hydrogens (tertiary/aromatic N) is 3. The Morgan fingerprint density at radius 1 is 1.03 bits per heavy atom. The minimum Gasteiger partial charge on any atom is -0.452 e. The molecular formula is C22H21N3O3S. The normalized spacial score (nSPS) is 13.0. The number of aliphatic hydroxyl groups is 1. The topological polar surface area (TPSA) is 89.1 Å². The largest absolute Gasteiger partial charge is 0.452 e. The lowest BCUT2D eigenvalue weighted by Crippen LogP contribution is -2.22. The van der Waals surface area contributed by atoms with Crippen LogP contribution in [0.4, 0.5) is 0 Å². The van der Waals surface area contributed by atoms with Crippen LogP contribution in [0, 0.1) is 0 Å². The lowest BCUT2D eigenvalue weighted by molar-refractivity contribution is 0.0800. The van der Waals surface area contributed by atoms with Crippen LogP contribution in [0.3, 0.4) is 0 Å². The number of furan rings is 1. The Labute approximate surface area is 171 Å². The maximum atomic E-state index is 11.6. The number of hydrogen-bond donors (Lipinski definition) is 1. The zero-order valence-corrected chi connectivity index (χ0v) is 17.2. The first-order chi connectivity index (χ1) is 13.8. The van der Waals surface area contributed by atoms with Gasteiger partial charge in [0.15, 0.2) is 5.58 Å². The number of aromatic nitrogens is 3. The quantitative estimate of drug-likeness (QED) is 0.538. The minimum atomic E-state index is -1.02. The molecule has 0 amide bonds. The lowest BCUT2D eigenvalue weighted by Gasteiger charge is -2.16. The van der Waals surface area contributed by atoms with Gasteiger partial charge in [-0.2, -0.15) is 0 Å². The SMILES string of the molecule is CS(=O)c1ccc(-c2cc3ncnc(-c4ccnc(CC(C)(C)O)c4)c3o2)cc1. The predicted molar refractivity (Wildman–Crippen MR) is 113 cm³/mol. The molecule has 0 aliphatic heterocycles. The molecule has 0 aliphatic carbocycles. The Hall–Kier alpha value is -2.90. The maximum absolute atomic E-state index is 11.6. The fraction of sp³-hybridized carbons (Fsp3) is 0.227. The summed E-state index contributed by atoms with van der Waals surface area (Å²) in [5, 5.41) is 10.1. The number of rotatable bonds is 5. The predicted octanol–water partition coefficient (Wildman–Crippen LogP) is 4.00.